The maximum atomic E-state index is 5.33. The first-order valence-corrected chi connectivity index (χ1v) is 5.65. The molecule has 0 bridgehead atoms. The van der Waals surface area contributed by atoms with Gasteiger partial charge in [-0.15, -0.1) is 0 Å². The highest BCUT2D eigenvalue weighted by atomic mass is 16.5. The van der Waals surface area contributed by atoms with E-state index >= 15 is 0 Å². The van der Waals surface area contributed by atoms with Crippen LogP contribution >= 0.6 is 0 Å². The molecule has 1 unspecified atom stereocenters. The van der Waals surface area contributed by atoms with Gasteiger partial charge in [-0.1, -0.05) is 0 Å². The first-order chi connectivity index (χ1) is 6.70. The third kappa shape index (κ3) is 4.40. The number of nitrogens with zero attached hydrogens (tertiary/aromatic N) is 1. The van der Waals surface area contributed by atoms with Crippen molar-refractivity contribution in [1.82, 2.24) is 10.2 Å². The summed E-state index contributed by atoms with van der Waals surface area (Å²) in [5.74, 6) is 0.832. The second kappa shape index (κ2) is 6.38. The molecule has 14 heavy (non-hydrogen) atoms. The van der Waals surface area contributed by atoms with Gasteiger partial charge in [0.05, 0.1) is 0 Å². The van der Waals surface area contributed by atoms with Crippen LogP contribution in [-0.4, -0.2) is 51.3 Å². The van der Waals surface area contributed by atoms with Gasteiger partial charge in [-0.2, -0.15) is 0 Å². The summed E-state index contributed by atoms with van der Waals surface area (Å²) < 4.78 is 5.33. The Morgan fingerprint density at radius 2 is 2.00 bits per heavy atom. The molecule has 0 aromatic rings. The van der Waals surface area contributed by atoms with Crippen molar-refractivity contribution >= 4 is 0 Å². The Hall–Kier alpha value is -0.120. The lowest BCUT2D eigenvalue weighted by atomic mass is 10.0. The molecule has 0 spiro atoms. The molecule has 1 N–H and O–H groups in total. The minimum Gasteiger partial charge on any atom is -0.381 e. The van der Waals surface area contributed by atoms with Gasteiger partial charge in [0, 0.05) is 25.8 Å². The first kappa shape index (κ1) is 12.0. The van der Waals surface area contributed by atoms with Gasteiger partial charge in [0.15, 0.2) is 0 Å². The second-order valence-corrected chi connectivity index (χ2v) is 4.53. The van der Waals surface area contributed by atoms with Gasteiger partial charge in [-0.25, -0.2) is 0 Å². The van der Waals surface area contributed by atoms with E-state index < -0.39 is 0 Å². The Morgan fingerprint density at radius 3 is 2.57 bits per heavy atom. The molecule has 0 saturated carbocycles. The van der Waals surface area contributed by atoms with E-state index in [0.29, 0.717) is 6.04 Å². The van der Waals surface area contributed by atoms with Crippen molar-refractivity contribution in [3.05, 3.63) is 0 Å². The van der Waals surface area contributed by atoms with Crippen molar-refractivity contribution < 1.29 is 4.74 Å². The van der Waals surface area contributed by atoms with Crippen LogP contribution in [0.1, 0.15) is 19.8 Å². The summed E-state index contributed by atoms with van der Waals surface area (Å²) in [6, 6.07) is 0.620. The van der Waals surface area contributed by atoms with Crippen molar-refractivity contribution in [1.29, 1.82) is 0 Å². The van der Waals surface area contributed by atoms with E-state index in [-0.39, 0.29) is 0 Å². The molecule has 1 aliphatic heterocycles. The van der Waals surface area contributed by atoms with Gasteiger partial charge in [0.1, 0.15) is 0 Å². The lowest BCUT2D eigenvalue weighted by molar-refractivity contribution is 0.0659. The number of nitrogens with one attached hydrogen (secondary N) is 1. The van der Waals surface area contributed by atoms with Crippen molar-refractivity contribution in [2.75, 3.05) is 40.4 Å². The van der Waals surface area contributed by atoms with Crippen LogP contribution in [0.3, 0.4) is 0 Å². The van der Waals surface area contributed by atoms with Crippen LogP contribution in [0.2, 0.25) is 0 Å². The molecule has 1 heterocycles. The molecule has 1 aliphatic rings. The summed E-state index contributed by atoms with van der Waals surface area (Å²) in [4.78, 5) is 2.25. The fourth-order valence-electron chi connectivity index (χ4n) is 1.63. The number of hydrogen-bond donors (Lipinski definition) is 1. The third-order valence-corrected chi connectivity index (χ3v) is 3.10. The second-order valence-electron chi connectivity index (χ2n) is 4.53. The molecular weight excluding hydrogens is 176 g/mol. The number of likely N-dealkylation sites (N-methyl/N-ethyl adjacent to an activating group) is 1. The molecule has 84 valence electrons. The zero-order valence-corrected chi connectivity index (χ0v) is 9.75. The molecule has 0 aromatic carbocycles. The molecule has 3 heteroatoms. The summed E-state index contributed by atoms with van der Waals surface area (Å²) in [6.45, 7) is 6.40. The van der Waals surface area contributed by atoms with Gasteiger partial charge in [-0.3, -0.25) is 0 Å². The lowest BCUT2D eigenvalue weighted by Gasteiger charge is -2.25. The van der Waals surface area contributed by atoms with Crippen molar-refractivity contribution in [2.45, 2.75) is 25.8 Å². The predicted molar refractivity (Wildman–Crippen MR) is 59.6 cm³/mol. The Balaban J connectivity index is 2.02. The molecular formula is C11H24N2O. The molecule has 0 aromatic heterocycles. The minimum atomic E-state index is 0.620. The fraction of sp³-hybridized carbons (Fsp3) is 1.00. The molecule has 0 aliphatic carbocycles. The molecule has 1 rings (SSSR count). The van der Waals surface area contributed by atoms with Crippen molar-refractivity contribution in [3.8, 4) is 0 Å². The van der Waals surface area contributed by atoms with Crippen molar-refractivity contribution in [2.24, 2.45) is 5.92 Å². The maximum absolute atomic E-state index is 5.33. The highest BCUT2D eigenvalue weighted by molar-refractivity contribution is 4.69. The fourth-order valence-corrected chi connectivity index (χ4v) is 1.63. The van der Waals surface area contributed by atoms with Gasteiger partial charge < -0.3 is 15.0 Å². The van der Waals surface area contributed by atoms with Crippen LogP contribution in [-0.2, 0) is 4.74 Å². The molecule has 0 amide bonds. The summed E-state index contributed by atoms with van der Waals surface area (Å²) in [5.41, 5.74) is 0. The van der Waals surface area contributed by atoms with Gasteiger partial charge >= 0.3 is 0 Å². The minimum absolute atomic E-state index is 0.620. The third-order valence-electron chi connectivity index (χ3n) is 3.10. The topological polar surface area (TPSA) is 24.5 Å². The highest BCUT2D eigenvalue weighted by Gasteiger charge is 2.13. The van der Waals surface area contributed by atoms with Crippen LogP contribution < -0.4 is 5.32 Å². The summed E-state index contributed by atoms with van der Waals surface area (Å²) in [7, 11) is 4.25. The zero-order chi connectivity index (χ0) is 10.4. The van der Waals surface area contributed by atoms with Crippen molar-refractivity contribution in [3.63, 3.8) is 0 Å². The van der Waals surface area contributed by atoms with Crippen LogP contribution in [0.5, 0.6) is 0 Å². The van der Waals surface area contributed by atoms with Crippen LogP contribution in [0, 0.1) is 5.92 Å². The van der Waals surface area contributed by atoms with E-state index in [9.17, 15) is 0 Å². The number of hydrogen-bond acceptors (Lipinski definition) is 3. The van der Waals surface area contributed by atoms with Gasteiger partial charge in [-0.05, 0) is 46.3 Å². The Morgan fingerprint density at radius 1 is 1.36 bits per heavy atom. The van der Waals surface area contributed by atoms with E-state index in [1.807, 2.05) is 0 Å². The normalized spacial score (nSPS) is 21.4. The zero-order valence-electron chi connectivity index (χ0n) is 9.75. The predicted octanol–water partition coefficient (Wildman–Crippen LogP) is 0.953. The largest absolute Gasteiger partial charge is 0.381 e. The van der Waals surface area contributed by atoms with Crippen LogP contribution in [0.25, 0.3) is 0 Å². The number of rotatable bonds is 5. The lowest BCUT2D eigenvalue weighted by Crippen LogP contribution is -2.38. The SMILES string of the molecule is CC(CNCC1CCOCC1)N(C)C. The van der Waals surface area contributed by atoms with E-state index in [0.717, 1.165) is 32.2 Å². The van der Waals surface area contributed by atoms with Gasteiger partial charge in [0.25, 0.3) is 0 Å². The van der Waals surface area contributed by atoms with E-state index in [2.05, 4.69) is 31.2 Å². The monoisotopic (exact) mass is 200 g/mol. The average Bonchev–Trinajstić information content (AvgIpc) is 2.19. The maximum Gasteiger partial charge on any atom is 0.0469 e. The van der Waals surface area contributed by atoms with E-state index in [1.54, 1.807) is 0 Å². The van der Waals surface area contributed by atoms with Crippen LogP contribution in [0.15, 0.2) is 0 Å². The highest BCUT2D eigenvalue weighted by Crippen LogP contribution is 2.12. The summed E-state index contributed by atoms with van der Waals surface area (Å²) in [6.07, 6.45) is 2.45. The van der Waals surface area contributed by atoms with E-state index in [4.69, 9.17) is 4.74 Å². The Kier molecular flexibility index (Phi) is 5.45. The first-order valence-electron chi connectivity index (χ1n) is 5.65. The van der Waals surface area contributed by atoms with E-state index in [1.165, 1.54) is 12.8 Å². The Labute approximate surface area is 87.8 Å². The molecule has 1 atom stereocenters. The Bertz CT molecular complexity index is 144. The van der Waals surface area contributed by atoms with Gasteiger partial charge in [0.2, 0.25) is 0 Å². The smallest absolute Gasteiger partial charge is 0.0469 e. The number of ether oxygens (including phenoxy) is 1. The molecule has 1 fully saturated rings. The average molecular weight is 200 g/mol. The standard InChI is InChI=1S/C11H24N2O/c1-10(13(2)3)8-12-9-11-4-6-14-7-5-11/h10-12H,4-9H2,1-3H3. The molecule has 1 saturated heterocycles. The molecule has 3 nitrogen and oxygen atoms in total. The molecule has 0 radical (unpaired) electrons. The summed E-state index contributed by atoms with van der Waals surface area (Å²) in [5, 5.41) is 3.54. The quantitative estimate of drug-likeness (QED) is 0.715. The van der Waals surface area contributed by atoms with Crippen LogP contribution in [0.4, 0.5) is 0 Å². The summed E-state index contributed by atoms with van der Waals surface area (Å²) >= 11 is 0.